The third-order valence-corrected chi connectivity index (χ3v) is 4.33. The maximum absolute atomic E-state index is 12.3. The molecule has 1 saturated carbocycles. The third kappa shape index (κ3) is 4.69. The first-order valence-electron chi connectivity index (χ1n) is 8.17. The molecule has 2 fully saturated rings. The summed E-state index contributed by atoms with van der Waals surface area (Å²) in [5, 5.41) is 12.3. The average molecular weight is 317 g/mol. The largest absolute Gasteiger partial charge is 0.508 e. The van der Waals surface area contributed by atoms with E-state index in [2.05, 4.69) is 10.2 Å². The van der Waals surface area contributed by atoms with Crippen LogP contribution in [0.15, 0.2) is 24.3 Å². The van der Waals surface area contributed by atoms with Crippen LogP contribution in [0.2, 0.25) is 0 Å². The summed E-state index contributed by atoms with van der Waals surface area (Å²) in [6.07, 6.45) is 2.55. The Morgan fingerprint density at radius 2 is 1.74 bits per heavy atom. The highest BCUT2D eigenvalue weighted by Gasteiger charge is 2.26. The van der Waals surface area contributed by atoms with E-state index in [1.807, 2.05) is 4.90 Å². The maximum Gasteiger partial charge on any atom is 0.234 e. The van der Waals surface area contributed by atoms with E-state index in [1.54, 1.807) is 24.3 Å². The molecule has 23 heavy (non-hydrogen) atoms. The summed E-state index contributed by atoms with van der Waals surface area (Å²) < 4.78 is 0. The van der Waals surface area contributed by atoms with Gasteiger partial charge in [-0.1, -0.05) is 12.1 Å². The molecular formula is C17H23N3O3. The Bertz CT molecular complexity index is 561. The first-order chi connectivity index (χ1) is 11.1. The number of piperazine rings is 1. The van der Waals surface area contributed by atoms with Gasteiger partial charge < -0.3 is 15.3 Å². The summed E-state index contributed by atoms with van der Waals surface area (Å²) in [5.74, 6) is 0.397. The second kappa shape index (κ2) is 7.00. The lowest BCUT2D eigenvalue weighted by Crippen LogP contribution is -2.51. The van der Waals surface area contributed by atoms with Gasteiger partial charge >= 0.3 is 0 Å². The van der Waals surface area contributed by atoms with E-state index in [9.17, 15) is 14.7 Å². The van der Waals surface area contributed by atoms with E-state index < -0.39 is 0 Å². The predicted octanol–water partition coefficient (Wildman–Crippen LogP) is 0.357. The lowest BCUT2D eigenvalue weighted by molar-refractivity contribution is -0.132. The van der Waals surface area contributed by atoms with Crippen molar-refractivity contribution in [2.45, 2.75) is 25.3 Å². The molecule has 1 saturated heterocycles. The van der Waals surface area contributed by atoms with Crippen LogP contribution >= 0.6 is 0 Å². The fourth-order valence-corrected chi connectivity index (χ4v) is 2.76. The summed E-state index contributed by atoms with van der Waals surface area (Å²) in [4.78, 5) is 28.0. The van der Waals surface area contributed by atoms with Gasteiger partial charge in [-0.15, -0.1) is 0 Å². The molecule has 1 aliphatic carbocycles. The molecule has 0 spiro atoms. The van der Waals surface area contributed by atoms with Gasteiger partial charge in [-0.3, -0.25) is 14.5 Å². The Hall–Kier alpha value is -2.08. The molecule has 1 heterocycles. The molecule has 1 aliphatic heterocycles. The molecule has 6 nitrogen and oxygen atoms in total. The zero-order valence-corrected chi connectivity index (χ0v) is 13.2. The fourth-order valence-electron chi connectivity index (χ4n) is 2.76. The van der Waals surface area contributed by atoms with Crippen molar-refractivity contribution in [1.29, 1.82) is 0 Å². The van der Waals surface area contributed by atoms with Crippen molar-refractivity contribution in [2.75, 3.05) is 32.7 Å². The molecule has 2 N–H and O–H groups in total. The first-order valence-corrected chi connectivity index (χ1v) is 8.17. The minimum Gasteiger partial charge on any atom is -0.508 e. The van der Waals surface area contributed by atoms with Crippen molar-refractivity contribution in [3.8, 4) is 5.75 Å². The van der Waals surface area contributed by atoms with Crippen molar-refractivity contribution in [3.63, 3.8) is 0 Å². The fraction of sp³-hybridized carbons (Fsp3) is 0.529. The van der Waals surface area contributed by atoms with Crippen LogP contribution < -0.4 is 5.32 Å². The van der Waals surface area contributed by atoms with Crippen molar-refractivity contribution in [2.24, 2.45) is 0 Å². The van der Waals surface area contributed by atoms with E-state index in [1.165, 1.54) is 0 Å². The zero-order chi connectivity index (χ0) is 16.2. The van der Waals surface area contributed by atoms with E-state index in [-0.39, 0.29) is 17.6 Å². The van der Waals surface area contributed by atoms with Crippen molar-refractivity contribution >= 4 is 11.8 Å². The van der Waals surface area contributed by atoms with Crippen LogP contribution in [0, 0.1) is 0 Å². The summed E-state index contributed by atoms with van der Waals surface area (Å²) in [7, 11) is 0. The number of hydrogen-bond donors (Lipinski definition) is 2. The van der Waals surface area contributed by atoms with E-state index in [4.69, 9.17) is 0 Å². The third-order valence-electron chi connectivity index (χ3n) is 4.33. The van der Waals surface area contributed by atoms with Crippen LogP contribution in [0.1, 0.15) is 18.4 Å². The molecule has 0 atom stereocenters. The molecule has 0 aromatic heterocycles. The Balaban J connectivity index is 1.41. The molecule has 0 unspecified atom stereocenters. The number of rotatable bonds is 5. The van der Waals surface area contributed by atoms with Gasteiger partial charge in [0.05, 0.1) is 13.0 Å². The average Bonchev–Trinajstić information content (AvgIpc) is 3.34. The lowest BCUT2D eigenvalue weighted by atomic mass is 10.1. The molecule has 124 valence electrons. The Labute approximate surface area is 136 Å². The minimum absolute atomic E-state index is 0.0939. The van der Waals surface area contributed by atoms with Crippen LogP contribution in [-0.4, -0.2) is 65.5 Å². The molecule has 2 aliphatic rings. The summed E-state index contributed by atoms with van der Waals surface area (Å²) in [6.45, 7) is 3.22. The minimum atomic E-state index is 0.0939. The molecule has 1 aromatic carbocycles. The second-order valence-corrected chi connectivity index (χ2v) is 6.34. The number of benzene rings is 1. The number of amides is 2. The highest BCUT2D eigenvalue weighted by Crippen LogP contribution is 2.18. The smallest absolute Gasteiger partial charge is 0.234 e. The van der Waals surface area contributed by atoms with Crippen molar-refractivity contribution in [1.82, 2.24) is 15.1 Å². The van der Waals surface area contributed by atoms with Gasteiger partial charge in [0, 0.05) is 32.2 Å². The van der Waals surface area contributed by atoms with Crippen LogP contribution in [0.4, 0.5) is 0 Å². The quantitative estimate of drug-likeness (QED) is 0.822. The van der Waals surface area contributed by atoms with Crippen LogP contribution in [-0.2, 0) is 16.0 Å². The Morgan fingerprint density at radius 3 is 2.35 bits per heavy atom. The molecule has 0 radical (unpaired) electrons. The second-order valence-electron chi connectivity index (χ2n) is 6.34. The number of hydrogen-bond acceptors (Lipinski definition) is 4. The molecule has 1 aromatic rings. The molecule has 3 rings (SSSR count). The van der Waals surface area contributed by atoms with Gasteiger partial charge in [0.1, 0.15) is 5.75 Å². The molecular weight excluding hydrogens is 294 g/mol. The number of aromatic hydroxyl groups is 1. The standard InChI is InChI=1S/C17H23N3O3/c21-15-5-1-13(2-6-15)11-17(23)20-9-7-19(8-10-20)12-16(22)18-14-3-4-14/h1-2,5-6,14,21H,3-4,7-12H2,(H,18,22). The topological polar surface area (TPSA) is 72.9 Å². The predicted molar refractivity (Wildman–Crippen MR) is 86.0 cm³/mol. The van der Waals surface area contributed by atoms with Gasteiger partial charge in [-0.2, -0.15) is 0 Å². The Morgan fingerprint density at radius 1 is 1.09 bits per heavy atom. The normalized spacial score (nSPS) is 18.7. The van der Waals surface area contributed by atoms with Crippen molar-refractivity contribution in [3.05, 3.63) is 29.8 Å². The van der Waals surface area contributed by atoms with E-state index in [0.717, 1.165) is 31.5 Å². The summed E-state index contributed by atoms with van der Waals surface area (Å²) in [5.41, 5.74) is 0.902. The number of carbonyl (C=O) groups excluding carboxylic acids is 2. The van der Waals surface area contributed by atoms with Gasteiger partial charge in [0.2, 0.25) is 11.8 Å². The van der Waals surface area contributed by atoms with Gasteiger partial charge in [-0.05, 0) is 30.5 Å². The van der Waals surface area contributed by atoms with Gasteiger partial charge in [-0.25, -0.2) is 0 Å². The van der Waals surface area contributed by atoms with Gasteiger partial charge in [0.25, 0.3) is 0 Å². The SMILES string of the molecule is O=C(CN1CCN(C(=O)Cc2ccc(O)cc2)CC1)NC1CC1. The molecule has 0 bridgehead atoms. The molecule has 6 heteroatoms. The Kier molecular flexibility index (Phi) is 4.81. The number of nitrogens with one attached hydrogen (secondary N) is 1. The van der Waals surface area contributed by atoms with E-state index >= 15 is 0 Å². The lowest BCUT2D eigenvalue weighted by Gasteiger charge is -2.34. The van der Waals surface area contributed by atoms with Crippen LogP contribution in [0.5, 0.6) is 5.75 Å². The summed E-state index contributed by atoms with van der Waals surface area (Å²) in [6, 6.07) is 7.13. The zero-order valence-electron chi connectivity index (χ0n) is 13.2. The first kappa shape index (κ1) is 15.8. The van der Waals surface area contributed by atoms with Crippen LogP contribution in [0.25, 0.3) is 0 Å². The molecule has 2 amide bonds. The maximum atomic E-state index is 12.3. The number of carbonyl (C=O) groups is 2. The number of nitrogens with zero attached hydrogens (tertiary/aromatic N) is 2. The highest BCUT2D eigenvalue weighted by atomic mass is 16.3. The van der Waals surface area contributed by atoms with Gasteiger partial charge in [0.15, 0.2) is 0 Å². The number of phenolic OH excluding ortho intramolecular Hbond substituents is 1. The van der Waals surface area contributed by atoms with Crippen molar-refractivity contribution < 1.29 is 14.7 Å². The van der Waals surface area contributed by atoms with Crippen LogP contribution in [0.3, 0.4) is 0 Å². The monoisotopic (exact) mass is 317 g/mol. The summed E-state index contributed by atoms with van der Waals surface area (Å²) >= 11 is 0. The number of phenols is 1. The highest BCUT2D eigenvalue weighted by molar-refractivity contribution is 5.79. The van der Waals surface area contributed by atoms with E-state index in [0.29, 0.717) is 32.1 Å².